The van der Waals surface area contributed by atoms with E-state index in [-0.39, 0.29) is 11.3 Å². The lowest BCUT2D eigenvalue weighted by Crippen LogP contribution is -2.33. The fourth-order valence-electron chi connectivity index (χ4n) is 1.15. The van der Waals surface area contributed by atoms with E-state index >= 15 is 0 Å². The molecule has 0 bridgehead atoms. The third-order valence-corrected chi connectivity index (χ3v) is 4.53. The van der Waals surface area contributed by atoms with Crippen LogP contribution < -0.4 is 10.5 Å². The predicted octanol–water partition coefficient (Wildman–Crippen LogP) is 1.46. The summed E-state index contributed by atoms with van der Waals surface area (Å²) in [6, 6.07) is 3.45. The summed E-state index contributed by atoms with van der Waals surface area (Å²) < 4.78 is 38.6. The van der Waals surface area contributed by atoms with Crippen molar-refractivity contribution in [2.75, 3.05) is 4.72 Å². The zero-order valence-electron chi connectivity index (χ0n) is 10.8. The maximum Gasteiger partial charge on any atom is 0.237 e. The molecule has 1 rings (SSSR count). The fourth-order valence-corrected chi connectivity index (χ4v) is 1.89. The number of oxime groups is 1. The number of nitrogens with one attached hydrogen (secondary N) is 1. The molecule has 1 aromatic rings. The molecule has 0 atom stereocenters. The van der Waals surface area contributed by atoms with Crippen LogP contribution in [0.2, 0.25) is 0 Å². The predicted molar refractivity (Wildman–Crippen MR) is 71.2 cm³/mol. The van der Waals surface area contributed by atoms with Crippen molar-refractivity contribution in [1.82, 2.24) is 0 Å². The molecule has 0 fully saturated rings. The Morgan fingerprint density at radius 2 is 2.00 bits per heavy atom. The highest BCUT2D eigenvalue weighted by molar-refractivity contribution is 7.94. The molecular formula is C11H16FN3O3S. The average Bonchev–Trinajstić information content (AvgIpc) is 2.29. The molecule has 0 spiro atoms. The van der Waals surface area contributed by atoms with E-state index in [1.807, 2.05) is 0 Å². The van der Waals surface area contributed by atoms with Crippen LogP contribution in [0.5, 0.6) is 0 Å². The zero-order valence-corrected chi connectivity index (χ0v) is 11.6. The van der Waals surface area contributed by atoms with Crippen LogP contribution in [0.4, 0.5) is 10.1 Å². The molecule has 106 valence electrons. The van der Waals surface area contributed by atoms with E-state index in [1.54, 1.807) is 0 Å². The van der Waals surface area contributed by atoms with Crippen LogP contribution in [0.25, 0.3) is 0 Å². The molecule has 0 saturated heterocycles. The van der Waals surface area contributed by atoms with E-state index in [2.05, 4.69) is 9.88 Å². The highest BCUT2D eigenvalue weighted by Crippen LogP contribution is 2.21. The molecule has 19 heavy (non-hydrogen) atoms. The summed E-state index contributed by atoms with van der Waals surface area (Å²) >= 11 is 0. The van der Waals surface area contributed by atoms with Crippen LogP contribution in [0.3, 0.4) is 0 Å². The maximum atomic E-state index is 13.4. The summed E-state index contributed by atoms with van der Waals surface area (Å²) in [7, 11) is -3.63. The standard InChI is InChI=1S/C11H16FN3O3S/c1-11(2,3)19(17,18)15-7-4-5-9(12)8(6-7)10(13)14-16/h4-6,15-16H,1-3H3,(H2,13,14). The van der Waals surface area contributed by atoms with Gasteiger partial charge in [0.15, 0.2) is 5.84 Å². The van der Waals surface area contributed by atoms with Gasteiger partial charge in [0.2, 0.25) is 10.0 Å². The lowest BCUT2D eigenvalue weighted by atomic mass is 10.2. The minimum Gasteiger partial charge on any atom is -0.409 e. The van der Waals surface area contributed by atoms with E-state index in [9.17, 15) is 12.8 Å². The van der Waals surface area contributed by atoms with Gasteiger partial charge in [-0.05, 0) is 39.0 Å². The lowest BCUT2D eigenvalue weighted by molar-refractivity contribution is 0.318. The second kappa shape index (κ2) is 5.04. The van der Waals surface area contributed by atoms with E-state index < -0.39 is 26.4 Å². The van der Waals surface area contributed by atoms with E-state index in [0.29, 0.717) is 0 Å². The molecule has 8 heteroatoms. The lowest BCUT2D eigenvalue weighted by Gasteiger charge is -2.20. The minimum atomic E-state index is -3.63. The van der Waals surface area contributed by atoms with Crippen molar-refractivity contribution in [3.8, 4) is 0 Å². The molecule has 0 amide bonds. The smallest absolute Gasteiger partial charge is 0.237 e. The molecule has 0 radical (unpaired) electrons. The van der Waals surface area contributed by atoms with Crippen molar-refractivity contribution in [3.63, 3.8) is 0 Å². The number of rotatable bonds is 3. The van der Waals surface area contributed by atoms with E-state index in [1.165, 1.54) is 26.8 Å². The fraction of sp³-hybridized carbons (Fsp3) is 0.364. The Morgan fingerprint density at radius 3 is 2.47 bits per heavy atom. The van der Waals surface area contributed by atoms with Gasteiger partial charge in [0.25, 0.3) is 0 Å². The first-order valence-electron chi connectivity index (χ1n) is 5.38. The third kappa shape index (κ3) is 3.34. The van der Waals surface area contributed by atoms with Gasteiger partial charge < -0.3 is 10.9 Å². The largest absolute Gasteiger partial charge is 0.409 e. The summed E-state index contributed by atoms with van der Waals surface area (Å²) in [6.07, 6.45) is 0. The Kier molecular flexibility index (Phi) is 4.04. The number of nitrogens with two attached hydrogens (primary N) is 1. The topological polar surface area (TPSA) is 105 Å². The minimum absolute atomic E-state index is 0.137. The van der Waals surface area contributed by atoms with Crippen molar-refractivity contribution < 1.29 is 18.0 Å². The summed E-state index contributed by atoms with van der Waals surface area (Å²) in [5.41, 5.74) is 5.25. The van der Waals surface area contributed by atoms with Crippen molar-refractivity contribution in [2.45, 2.75) is 25.5 Å². The highest BCUT2D eigenvalue weighted by atomic mass is 32.2. The molecule has 1 aromatic carbocycles. The van der Waals surface area contributed by atoms with Crippen LogP contribution in [0.15, 0.2) is 23.4 Å². The average molecular weight is 289 g/mol. The number of halogens is 1. The number of anilines is 1. The van der Waals surface area contributed by atoms with Crippen LogP contribution in [0, 0.1) is 5.82 Å². The molecule has 0 saturated carbocycles. The molecule has 0 aliphatic rings. The van der Waals surface area contributed by atoms with Crippen LogP contribution in [0.1, 0.15) is 26.3 Å². The highest BCUT2D eigenvalue weighted by Gasteiger charge is 2.29. The number of hydrogen-bond donors (Lipinski definition) is 3. The molecule has 0 heterocycles. The Morgan fingerprint density at radius 1 is 1.42 bits per heavy atom. The van der Waals surface area contributed by atoms with Gasteiger partial charge >= 0.3 is 0 Å². The Hall–Kier alpha value is -1.83. The maximum absolute atomic E-state index is 13.4. The first kappa shape index (κ1) is 15.2. The van der Waals surface area contributed by atoms with E-state index in [0.717, 1.165) is 12.1 Å². The Labute approximate surface area is 111 Å². The van der Waals surface area contributed by atoms with Gasteiger partial charge in [-0.25, -0.2) is 12.8 Å². The Balaban J connectivity index is 3.19. The third-order valence-electron chi connectivity index (χ3n) is 2.41. The summed E-state index contributed by atoms with van der Waals surface area (Å²) in [6.45, 7) is 4.59. The molecular weight excluding hydrogens is 273 g/mol. The first-order chi connectivity index (χ1) is 8.58. The second-order valence-electron chi connectivity index (χ2n) is 4.90. The Bertz CT molecular complexity index is 606. The van der Waals surface area contributed by atoms with Crippen molar-refractivity contribution in [3.05, 3.63) is 29.6 Å². The molecule has 4 N–H and O–H groups in total. The number of hydrogen-bond acceptors (Lipinski definition) is 4. The molecule has 0 aliphatic heterocycles. The van der Waals surface area contributed by atoms with Crippen LogP contribution in [-0.2, 0) is 10.0 Å². The molecule has 6 nitrogen and oxygen atoms in total. The van der Waals surface area contributed by atoms with Gasteiger partial charge in [-0.1, -0.05) is 5.16 Å². The first-order valence-corrected chi connectivity index (χ1v) is 6.86. The number of sulfonamides is 1. The number of nitrogens with zero attached hydrogens (tertiary/aromatic N) is 1. The summed E-state index contributed by atoms with van der Waals surface area (Å²) in [4.78, 5) is 0. The monoisotopic (exact) mass is 289 g/mol. The van der Waals surface area contributed by atoms with Crippen molar-refractivity contribution in [2.24, 2.45) is 10.9 Å². The molecule has 0 unspecified atom stereocenters. The van der Waals surface area contributed by atoms with Crippen LogP contribution >= 0.6 is 0 Å². The quantitative estimate of drug-likeness (QED) is 0.339. The molecule has 0 aromatic heterocycles. The number of benzene rings is 1. The van der Waals surface area contributed by atoms with Gasteiger partial charge in [0, 0.05) is 5.69 Å². The van der Waals surface area contributed by atoms with E-state index in [4.69, 9.17) is 10.9 Å². The van der Waals surface area contributed by atoms with Crippen molar-refractivity contribution >= 4 is 21.5 Å². The number of amidine groups is 1. The zero-order chi connectivity index (χ0) is 14.8. The van der Waals surface area contributed by atoms with Gasteiger partial charge in [-0.3, -0.25) is 4.72 Å². The summed E-state index contributed by atoms with van der Waals surface area (Å²) in [5.74, 6) is -1.15. The SMILES string of the molecule is CC(C)(C)S(=O)(=O)Nc1ccc(F)c(C(N)=NO)c1. The van der Waals surface area contributed by atoms with Gasteiger partial charge in [-0.2, -0.15) is 0 Å². The van der Waals surface area contributed by atoms with Gasteiger partial charge in [-0.15, -0.1) is 0 Å². The van der Waals surface area contributed by atoms with Gasteiger partial charge in [0.05, 0.1) is 10.3 Å². The molecule has 0 aliphatic carbocycles. The van der Waals surface area contributed by atoms with Crippen molar-refractivity contribution in [1.29, 1.82) is 0 Å². The second-order valence-corrected chi connectivity index (χ2v) is 7.33. The normalized spacial score (nSPS) is 13.4. The summed E-state index contributed by atoms with van der Waals surface area (Å²) in [5, 5.41) is 11.2. The van der Waals surface area contributed by atoms with Crippen LogP contribution in [-0.4, -0.2) is 24.2 Å². The van der Waals surface area contributed by atoms with Gasteiger partial charge in [0.1, 0.15) is 5.82 Å².